The van der Waals surface area contributed by atoms with E-state index in [9.17, 15) is 0 Å². The molecule has 1 saturated heterocycles. The highest BCUT2D eigenvalue weighted by Crippen LogP contribution is 2.51. The molecule has 2 aromatic rings. The zero-order valence-electron chi connectivity index (χ0n) is 19.1. The molecule has 3 unspecified atom stereocenters. The molecule has 0 spiro atoms. The molecule has 1 aliphatic heterocycles. The summed E-state index contributed by atoms with van der Waals surface area (Å²) in [5.41, 5.74) is 7.35. The predicted octanol–water partition coefficient (Wildman–Crippen LogP) is 6.68. The van der Waals surface area contributed by atoms with Crippen LogP contribution in [0.1, 0.15) is 63.1 Å². The molecule has 4 heteroatoms. The van der Waals surface area contributed by atoms with Crippen molar-refractivity contribution in [3.63, 3.8) is 0 Å². The van der Waals surface area contributed by atoms with E-state index < -0.39 is 0 Å². The minimum atomic E-state index is -0.115. The largest absolute Gasteiger partial charge is 0.377 e. The van der Waals surface area contributed by atoms with Crippen molar-refractivity contribution in [2.24, 2.45) is 17.3 Å². The molecule has 0 aromatic heterocycles. The van der Waals surface area contributed by atoms with Crippen molar-refractivity contribution in [1.82, 2.24) is 5.48 Å². The van der Waals surface area contributed by atoms with Crippen LogP contribution in [0.4, 0.5) is 0 Å². The van der Waals surface area contributed by atoms with Crippen molar-refractivity contribution >= 4 is 11.6 Å². The van der Waals surface area contributed by atoms with E-state index in [4.69, 9.17) is 21.2 Å². The first-order valence-corrected chi connectivity index (χ1v) is 12.0. The lowest BCUT2D eigenvalue weighted by atomic mass is 9.78. The molecule has 1 saturated carbocycles. The third-order valence-corrected chi connectivity index (χ3v) is 7.44. The normalized spacial score (nSPS) is 25.7. The Bertz CT molecular complexity index is 863. The molecule has 168 valence electrons. The number of hydroxylamine groups is 1. The smallest absolute Gasteiger partial charge is 0.0735 e. The first-order valence-electron chi connectivity index (χ1n) is 11.7. The molecule has 0 amide bonds. The maximum absolute atomic E-state index is 6.73. The second kappa shape index (κ2) is 9.62. The van der Waals surface area contributed by atoms with Gasteiger partial charge in [0.2, 0.25) is 0 Å². The van der Waals surface area contributed by atoms with Crippen LogP contribution in [0.15, 0.2) is 48.5 Å². The van der Waals surface area contributed by atoms with E-state index in [-0.39, 0.29) is 5.54 Å². The van der Waals surface area contributed by atoms with Crippen molar-refractivity contribution in [3.05, 3.63) is 70.2 Å². The van der Waals surface area contributed by atoms with Crippen molar-refractivity contribution in [3.8, 4) is 0 Å². The number of halogens is 1. The first kappa shape index (κ1) is 22.8. The van der Waals surface area contributed by atoms with Gasteiger partial charge in [-0.3, -0.25) is 0 Å². The van der Waals surface area contributed by atoms with Gasteiger partial charge in [-0.2, -0.15) is 5.48 Å². The Balaban J connectivity index is 1.37. The van der Waals surface area contributed by atoms with E-state index in [0.29, 0.717) is 23.9 Å². The first-order chi connectivity index (χ1) is 14.9. The Kier molecular flexibility index (Phi) is 7.07. The molecule has 2 aliphatic rings. The average molecular weight is 442 g/mol. The zero-order valence-corrected chi connectivity index (χ0v) is 19.9. The fourth-order valence-corrected chi connectivity index (χ4v) is 5.44. The number of ether oxygens (including phenoxy) is 1. The molecule has 2 fully saturated rings. The Morgan fingerprint density at radius 2 is 1.97 bits per heavy atom. The second-order valence-corrected chi connectivity index (χ2v) is 10.9. The summed E-state index contributed by atoms with van der Waals surface area (Å²) in [5.74, 6) is 1.06. The third kappa shape index (κ3) is 5.34. The van der Waals surface area contributed by atoms with Gasteiger partial charge in [-0.1, -0.05) is 74.8 Å². The quantitative estimate of drug-likeness (QED) is 0.463. The Morgan fingerprint density at radius 1 is 1.16 bits per heavy atom. The van der Waals surface area contributed by atoms with Crippen molar-refractivity contribution in [2.45, 2.75) is 65.0 Å². The van der Waals surface area contributed by atoms with Crippen LogP contribution in [0.2, 0.25) is 5.02 Å². The average Bonchev–Trinajstić information content (AvgIpc) is 3.31. The molecule has 2 aromatic carbocycles. The summed E-state index contributed by atoms with van der Waals surface area (Å²) >= 11 is 6.73. The lowest BCUT2D eigenvalue weighted by Crippen LogP contribution is -2.39. The van der Waals surface area contributed by atoms with E-state index in [1.165, 1.54) is 23.1 Å². The molecule has 0 radical (unpaired) electrons. The van der Waals surface area contributed by atoms with E-state index in [0.717, 1.165) is 43.9 Å². The highest BCUT2D eigenvalue weighted by atomic mass is 35.5. The molecular weight excluding hydrogens is 406 g/mol. The van der Waals surface area contributed by atoms with Crippen molar-refractivity contribution in [2.75, 3.05) is 13.2 Å². The van der Waals surface area contributed by atoms with Gasteiger partial charge in [0.25, 0.3) is 0 Å². The third-order valence-electron chi connectivity index (χ3n) is 7.09. The molecule has 1 heterocycles. The number of hydrogen-bond acceptors (Lipinski definition) is 3. The van der Waals surface area contributed by atoms with Gasteiger partial charge >= 0.3 is 0 Å². The van der Waals surface area contributed by atoms with Crippen LogP contribution in [-0.2, 0) is 28.1 Å². The molecule has 1 N–H and O–H groups in total. The molecule has 0 bridgehead atoms. The van der Waals surface area contributed by atoms with E-state index >= 15 is 0 Å². The van der Waals surface area contributed by atoms with Gasteiger partial charge in [-0.05, 0) is 66.2 Å². The molecule has 4 rings (SSSR count). The van der Waals surface area contributed by atoms with Crippen LogP contribution in [0.5, 0.6) is 0 Å². The number of nitrogens with one attached hydrogen (secondary N) is 1. The van der Waals surface area contributed by atoms with Crippen LogP contribution < -0.4 is 5.48 Å². The SMILES string of the molecule is CC(C)(C)CCc1ccc(C23CCC(CCOCc4ccccc4)C2CON3)cc1Cl. The van der Waals surface area contributed by atoms with Gasteiger partial charge in [0.15, 0.2) is 0 Å². The van der Waals surface area contributed by atoms with Gasteiger partial charge in [0, 0.05) is 17.5 Å². The molecular formula is C27H36ClNO2. The topological polar surface area (TPSA) is 30.5 Å². The van der Waals surface area contributed by atoms with Crippen molar-refractivity contribution < 1.29 is 9.57 Å². The lowest BCUT2D eigenvalue weighted by Gasteiger charge is -2.30. The Hall–Kier alpha value is -1.39. The van der Waals surface area contributed by atoms with E-state index in [1.54, 1.807) is 0 Å². The standard InChI is InChI=1S/C27H36ClNO2/c1-26(2,3)14-11-22-9-10-23(17-25(22)28)27-15-12-21(24(27)19-31-29-27)13-16-30-18-20-7-5-4-6-8-20/h4-10,17,21,24,29H,11-16,18-19H2,1-3H3. The number of aryl methyl sites for hydroxylation is 1. The Morgan fingerprint density at radius 3 is 2.71 bits per heavy atom. The number of hydrogen-bond donors (Lipinski definition) is 1. The summed E-state index contributed by atoms with van der Waals surface area (Å²) in [4.78, 5) is 5.80. The second-order valence-electron chi connectivity index (χ2n) is 10.5. The maximum atomic E-state index is 6.73. The van der Waals surface area contributed by atoms with Gasteiger partial charge in [0.1, 0.15) is 0 Å². The minimum Gasteiger partial charge on any atom is -0.377 e. The van der Waals surface area contributed by atoms with Crippen molar-refractivity contribution in [1.29, 1.82) is 0 Å². The van der Waals surface area contributed by atoms with E-state index in [1.807, 2.05) is 6.07 Å². The van der Waals surface area contributed by atoms with Gasteiger partial charge in [-0.25, -0.2) is 0 Å². The van der Waals surface area contributed by atoms with Crippen LogP contribution in [0.3, 0.4) is 0 Å². The minimum absolute atomic E-state index is 0.115. The zero-order chi connectivity index (χ0) is 21.9. The van der Waals surface area contributed by atoms with Crippen LogP contribution in [0, 0.1) is 17.3 Å². The molecule has 3 atom stereocenters. The van der Waals surface area contributed by atoms with Gasteiger partial charge in [0.05, 0.1) is 18.8 Å². The number of benzene rings is 2. The summed E-state index contributed by atoms with van der Waals surface area (Å²) in [6.07, 6.45) is 5.50. The number of rotatable bonds is 8. The Labute approximate surface area is 192 Å². The lowest BCUT2D eigenvalue weighted by molar-refractivity contribution is 0.0538. The van der Waals surface area contributed by atoms with Gasteiger partial charge in [-0.15, -0.1) is 0 Å². The predicted molar refractivity (Wildman–Crippen MR) is 127 cm³/mol. The summed E-state index contributed by atoms with van der Waals surface area (Å²) in [5, 5.41) is 0.887. The molecule has 1 aliphatic carbocycles. The van der Waals surface area contributed by atoms with E-state index in [2.05, 4.69) is 68.7 Å². The molecule has 31 heavy (non-hydrogen) atoms. The van der Waals surface area contributed by atoms with Crippen LogP contribution in [0.25, 0.3) is 0 Å². The highest BCUT2D eigenvalue weighted by Gasteiger charge is 2.53. The molecule has 3 nitrogen and oxygen atoms in total. The fourth-order valence-electron chi connectivity index (χ4n) is 5.17. The van der Waals surface area contributed by atoms with Crippen LogP contribution >= 0.6 is 11.6 Å². The highest BCUT2D eigenvalue weighted by molar-refractivity contribution is 6.31. The summed E-state index contributed by atoms with van der Waals surface area (Å²) < 4.78 is 5.98. The summed E-state index contributed by atoms with van der Waals surface area (Å²) in [6, 6.07) is 17.1. The number of fused-ring (bicyclic) bond motifs is 1. The summed E-state index contributed by atoms with van der Waals surface area (Å²) in [7, 11) is 0. The monoisotopic (exact) mass is 441 g/mol. The van der Waals surface area contributed by atoms with Crippen LogP contribution in [-0.4, -0.2) is 13.2 Å². The summed E-state index contributed by atoms with van der Waals surface area (Å²) in [6.45, 7) is 9.07. The fraction of sp³-hybridized carbons (Fsp3) is 0.556. The maximum Gasteiger partial charge on any atom is 0.0735 e. The van der Waals surface area contributed by atoms with Gasteiger partial charge < -0.3 is 9.57 Å².